The first-order valence-electron chi connectivity index (χ1n) is 8.31. The summed E-state index contributed by atoms with van der Waals surface area (Å²) in [4.78, 5) is 1.03. The lowest BCUT2D eigenvalue weighted by molar-refractivity contribution is 0.0127. The summed E-state index contributed by atoms with van der Waals surface area (Å²) in [7, 11) is -4.40. The average molecular weight is 404 g/mol. The van der Waals surface area contributed by atoms with E-state index in [1.54, 1.807) is 19.1 Å². The minimum absolute atomic E-state index is 0.131. The Labute approximate surface area is 155 Å². The van der Waals surface area contributed by atoms with Gasteiger partial charge in [0.1, 0.15) is 16.4 Å². The molecule has 1 aromatic carbocycles. The molecule has 1 saturated heterocycles. The molecule has 3 rings (SSSR count). The Balaban J connectivity index is 1.83. The van der Waals surface area contributed by atoms with Gasteiger partial charge in [-0.25, -0.2) is 26.3 Å². The van der Waals surface area contributed by atoms with Crippen molar-refractivity contribution >= 4 is 10.0 Å². The molecule has 0 radical (unpaired) electrons. The molecule has 27 heavy (non-hydrogen) atoms. The summed E-state index contributed by atoms with van der Waals surface area (Å²) >= 11 is 0. The largest absolute Gasteiger partial charge is 0.465 e. The molecule has 10 heteroatoms. The van der Waals surface area contributed by atoms with Gasteiger partial charge >= 0.3 is 0 Å². The predicted molar refractivity (Wildman–Crippen MR) is 90.1 cm³/mol. The van der Waals surface area contributed by atoms with Crippen LogP contribution in [0.2, 0.25) is 0 Å². The van der Waals surface area contributed by atoms with Crippen LogP contribution in [-0.4, -0.2) is 46.2 Å². The van der Waals surface area contributed by atoms with Crippen LogP contribution < -0.4 is 4.72 Å². The summed E-state index contributed by atoms with van der Waals surface area (Å²) in [6, 6.07) is 4.30. The van der Waals surface area contributed by atoms with Crippen LogP contribution in [-0.2, 0) is 14.8 Å². The van der Waals surface area contributed by atoms with Gasteiger partial charge in [-0.15, -0.1) is 0 Å². The number of hydrogen-bond acceptors (Lipinski definition) is 5. The van der Waals surface area contributed by atoms with Crippen LogP contribution >= 0.6 is 0 Å². The summed E-state index contributed by atoms with van der Waals surface area (Å²) in [6.45, 7) is 3.73. The normalized spacial score (nSPS) is 17.2. The lowest BCUT2D eigenvalue weighted by Crippen LogP contribution is -2.43. The standard InChI is InChI=1S/C17H19F3N2O4S/c1-11-2-4-14(26-11)13(22-6-8-25-9-7-22)10-21-27(23,24)15-5-3-12(18)16(19)17(15)20/h2-5,13,21H,6-10H2,1H3. The quantitative estimate of drug-likeness (QED) is 0.749. The Morgan fingerprint density at radius 2 is 1.81 bits per heavy atom. The van der Waals surface area contributed by atoms with Crippen LogP contribution in [0.1, 0.15) is 17.6 Å². The van der Waals surface area contributed by atoms with E-state index in [2.05, 4.69) is 4.72 Å². The Morgan fingerprint density at radius 3 is 2.44 bits per heavy atom. The SMILES string of the molecule is Cc1ccc(C(CNS(=O)(=O)c2ccc(F)c(F)c2F)N2CCOCC2)o1. The molecule has 148 valence electrons. The zero-order chi connectivity index (χ0) is 19.6. The maximum atomic E-state index is 13.9. The van der Waals surface area contributed by atoms with Gasteiger partial charge in [0.25, 0.3) is 0 Å². The highest BCUT2D eigenvalue weighted by Gasteiger charge is 2.29. The number of morpholine rings is 1. The number of nitrogens with one attached hydrogen (secondary N) is 1. The zero-order valence-electron chi connectivity index (χ0n) is 14.5. The monoisotopic (exact) mass is 404 g/mol. The van der Waals surface area contributed by atoms with Crippen LogP contribution in [0.4, 0.5) is 13.2 Å². The second kappa shape index (κ2) is 8.01. The molecule has 0 spiro atoms. The maximum absolute atomic E-state index is 13.9. The fraction of sp³-hybridized carbons (Fsp3) is 0.412. The third-order valence-electron chi connectivity index (χ3n) is 4.33. The second-order valence-electron chi connectivity index (χ2n) is 6.14. The zero-order valence-corrected chi connectivity index (χ0v) is 15.4. The van der Waals surface area contributed by atoms with E-state index in [0.29, 0.717) is 50.0 Å². The third-order valence-corrected chi connectivity index (χ3v) is 5.77. The molecule has 1 atom stereocenters. The minimum Gasteiger partial charge on any atom is -0.465 e. The Kier molecular flexibility index (Phi) is 5.89. The Bertz CT molecular complexity index is 911. The van der Waals surface area contributed by atoms with Crippen LogP contribution in [0.3, 0.4) is 0 Å². The number of benzene rings is 1. The lowest BCUT2D eigenvalue weighted by atomic mass is 10.2. The van der Waals surface area contributed by atoms with Crippen molar-refractivity contribution in [2.45, 2.75) is 17.9 Å². The Hall–Kier alpha value is -1.88. The third kappa shape index (κ3) is 4.34. The van der Waals surface area contributed by atoms with E-state index in [4.69, 9.17) is 9.15 Å². The van der Waals surface area contributed by atoms with Gasteiger partial charge < -0.3 is 9.15 Å². The van der Waals surface area contributed by atoms with E-state index in [0.717, 1.165) is 0 Å². The van der Waals surface area contributed by atoms with Gasteiger partial charge in [0, 0.05) is 19.6 Å². The molecule has 6 nitrogen and oxygen atoms in total. The molecular formula is C17H19F3N2O4S. The van der Waals surface area contributed by atoms with Crippen molar-refractivity contribution in [2.75, 3.05) is 32.8 Å². The lowest BCUT2D eigenvalue weighted by Gasteiger charge is -2.33. The number of furan rings is 1. The number of nitrogens with zero attached hydrogens (tertiary/aromatic N) is 1. The molecule has 2 heterocycles. The number of ether oxygens (including phenoxy) is 1. The van der Waals surface area contributed by atoms with Gasteiger partial charge in [0.15, 0.2) is 17.5 Å². The van der Waals surface area contributed by atoms with Crippen molar-refractivity contribution in [1.29, 1.82) is 0 Å². The highest BCUT2D eigenvalue weighted by atomic mass is 32.2. The van der Waals surface area contributed by atoms with Gasteiger partial charge in [-0.1, -0.05) is 0 Å². The van der Waals surface area contributed by atoms with Gasteiger partial charge in [-0.05, 0) is 31.2 Å². The Morgan fingerprint density at radius 1 is 1.11 bits per heavy atom. The summed E-state index contributed by atoms with van der Waals surface area (Å²) < 4.78 is 78.4. The van der Waals surface area contributed by atoms with Crippen molar-refractivity contribution in [3.8, 4) is 0 Å². The molecule has 0 amide bonds. The molecule has 0 aliphatic carbocycles. The first kappa shape index (κ1) is 19.9. The molecule has 2 aromatic rings. The van der Waals surface area contributed by atoms with Crippen molar-refractivity contribution < 1.29 is 30.7 Å². The van der Waals surface area contributed by atoms with Gasteiger partial charge in [-0.3, -0.25) is 4.90 Å². The first-order valence-corrected chi connectivity index (χ1v) is 9.79. The average Bonchev–Trinajstić information content (AvgIpc) is 3.06. The van der Waals surface area contributed by atoms with Crippen LogP contribution in [0.5, 0.6) is 0 Å². The van der Waals surface area contributed by atoms with E-state index in [9.17, 15) is 21.6 Å². The van der Waals surface area contributed by atoms with Crippen LogP contribution in [0, 0.1) is 24.4 Å². The molecular weight excluding hydrogens is 385 g/mol. The first-order chi connectivity index (χ1) is 12.8. The van der Waals surface area contributed by atoms with Gasteiger partial charge in [0.05, 0.1) is 19.3 Å². The minimum atomic E-state index is -4.40. The highest BCUT2D eigenvalue weighted by molar-refractivity contribution is 7.89. The number of aryl methyl sites for hydroxylation is 1. The fourth-order valence-electron chi connectivity index (χ4n) is 2.91. The van der Waals surface area contributed by atoms with E-state index in [-0.39, 0.29) is 6.54 Å². The number of hydrogen-bond donors (Lipinski definition) is 1. The molecule has 1 unspecified atom stereocenters. The van der Waals surface area contributed by atoms with E-state index in [1.807, 2.05) is 4.90 Å². The topological polar surface area (TPSA) is 71.8 Å². The molecule has 1 fully saturated rings. The number of sulfonamides is 1. The summed E-state index contributed by atoms with van der Waals surface area (Å²) in [5.41, 5.74) is 0. The molecule has 0 saturated carbocycles. The summed E-state index contributed by atoms with van der Waals surface area (Å²) in [5, 5.41) is 0. The molecule has 1 aromatic heterocycles. The number of halogens is 3. The van der Waals surface area contributed by atoms with Crippen molar-refractivity contribution in [2.24, 2.45) is 0 Å². The highest BCUT2D eigenvalue weighted by Crippen LogP contribution is 2.25. The number of rotatable bonds is 6. The molecule has 1 N–H and O–H groups in total. The van der Waals surface area contributed by atoms with Crippen molar-refractivity contribution in [3.05, 3.63) is 53.2 Å². The van der Waals surface area contributed by atoms with Gasteiger partial charge in [0.2, 0.25) is 10.0 Å². The van der Waals surface area contributed by atoms with Gasteiger partial charge in [-0.2, -0.15) is 0 Å². The smallest absolute Gasteiger partial charge is 0.243 e. The second-order valence-corrected chi connectivity index (χ2v) is 7.87. The van der Waals surface area contributed by atoms with E-state index >= 15 is 0 Å². The summed E-state index contributed by atoms with van der Waals surface area (Å²) in [5.74, 6) is -3.83. The van der Waals surface area contributed by atoms with E-state index in [1.165, 1.54) is 0 Å². The van der Waals surface area contributed by atoms with E-state index < -0.39 is 38.4 Å². The summed E-state index contributed by atoms with van der Waals surface area (Å²) in [6.07, 6.45) is 0. The van der Waals surface area contributed by atoms with Crippen molar-refractivity contribution in [3.63, 3.8) is 0 Å². The maximum Gasteiger partial charge on any atom is 0.243 e. The predicted octanol–water partition coefficient (Wildman–Crippen LogP) is 2.36. The fourth-order valence-corrected chi connectivity index (χ4v) is 4.02. The molecule has 0 bridgehead atoms. The van der Waals surface area contributed by atoms with Crippen LogP contribution in [0.15, 0.2) is 33.6 Å². The molecule has 1 aliphatic rings. The van der Waals surface area contributed by atoms with Crippen molar-refractivity contribution in [1.82, 2.24) is 9.62 Å². The molecule has 1 aliphatic heterocycles. The van der Waals surface area contributed by atoms with Crippen LogP contribution in [0.25, 0.3) is 0 Å².